The molecule has 1 aliphatic carbocycles. The molecule has 1 amide bonds. The van der Waals surface area contributed by atoms with Gasteiger partial charge in [-0.1, -0.05) is 29.4 Å². The van der Waals surface area contributed by atoms with Gasteiger partial charge in [-0.3, -0.25) is 4.79 Å². The molecule has 0 spiro atoms. The zero-order valence-electron chi connectivity index (χ0n) is 15.7. The number of carbonyl (C=O) groups is 1. The molecule has 3 atom stereocenters. The van der Waals surface area contributed by atoms with E-state index in [1.54, 1.807) is 6.08 Å². The third kappa shape index (κ3) is 4.34. The maximum absolute atomic E-state index is 13.1. The van der Waals surface area contributed by atoms with Gasteiger partial charge in [-0.05, 0) is 18.6 Å². The Morgan fingerprint density at radius 1 is 1.41 bits per heavy atom. The highest BCUT2D eigenvalue weighted by Gasteiger charge is 2.38. The largest absolute Gasteiger partial charge is 0.430 e. The quantitative estimate of drug-likeness (QED) is 0.463. The number of alkyl halides is 4. The molecule has 0 saturated carbocycles. The summed E-state index contributed by atoms with van der Waals surface area (Å²) in [4.78, 5) is 36.4. The van der Waals surface area contributed by atoms with E-state index in [1.807, 2.05) is 0 Å². The topological polar surface area (TPSA) is 123 Å². The van der Waals surface area contributed by atoms with Gasteiger partial charge < -0.3 is 15.5 Å². The molecule has 2 aliphatic heterocycles. The van der Waals surface area contributed by atoms with Crippen LogP contribution in [-0.2, 0) is 0 Å². The van der Waals surface area contributed by atoms with Crippen molar-refractivity contribution in [2.45, 2.75) is 29.3 Å². The molecule has 3 unspecified atom stereocenters. The predicted octanol–water partition coefficient (Wildman–Crippen LogP) is 1.49. The van der Waals surface area contributed by atoms with Gasteiger partial charge in [0.15, 0.2) is 0 Å². The average molecular weight is 506 g/mol. The fraction of sp³-hybridized carbons (Fsp3) is 0.278. The van der Waals surface area contributed by atoms with Gasteiger partial charge in [0.1, 0.15) is 17.2 Å². The zero-order valence-corrected chi connectivity index (χ0v) is 18.0. The van der Waals surface area contributed by atoms with Gasteiger partial charge in [-0.25, -0.2) is 19.8 Å². The van der Waals surface area contributed by atoms with Crippen LogP contribution in [0.5, 0.6) is 0 Å². The molecule has 168 valence electrons. The highest BCUT2D eigenvalue weighted by atomic mass is 35.5. The van der Waals surface area contributed by atoms with Gasteiger partial charge in [0.2, 0.25) is 5.89 Å². The Morgan fingerprint density at radius 2 is 2.16 bits per heavy atom. The van der Waals surface area contributed by atoms with Crippen molar-refractivity contribution >= 4 is 62.9 Å². The summed E-state index contributed by atoms with van der Waals surface area (Å²) < 4.78 is 44.4. The highest BCUT2D eigenvalue weighted by Crippen LogP contribution is 2.33. The van der Waals surface area contributed by atoms with Gasteiger partial charge in [-0.15, -0.1) is 11.6 Å². The van der Waals surface area contributed by atoms with Crippen molar-refractivity contribution in [3.8, 4) is 0 Å². The van der Waals surface area contributed by atoms with E-state index in [1.165, 1.54) is 12.3 Å². The van der Waals surface area contributed by atoms with E-state index in [0.717, 1.165) is 11.8 Å². The lowest BCUT2D eigenvalue weighted by molar-refractivity contribution is -0.0925. The molecule has 4 rings (SSSR count). The predicted molar refractivity (Wildman–Crippen MR) is 115 cm³/mol. The van der Waals surface area contributed by atoms with Crippen LogP contribution in [0.3, 0.4) is 0 Å². The van der Waals surface area contributed by atoms with Crippen LogP contribution < -0.4 is 27.2 Å². The van der Waals surface area contributed by atoms with Crippen LogP contribution in [0.4, 0.5) is 18.0 Å². The van der Waals surface area contributed by atoms with Crippen molar-refractivity contribution in [1.82, 2.24) is 10.3 Å². The van der Waals surface area contributed by atoms with Crippen molar-refractivity contribution in [2.24, 2.45) is 15.7 Å². The van der Waals surface area contributed by atoms with E-state index in [0.29, 0.717) is 12.5 Å². The number of hydrogen-bond donors (Lipinski definition) is 2. The second kappa shape index (κ2) is 8.41. The van der Waals surface area contributed by atoms with Crippen LogP contribution in [0.25, 0.3) is 11.1 Å². The second-order valence-electron chi connectivity index (χ2n) is 6.75. The molecule has 32 heavy (non-hydrogen) atoms. The summed E-state index contributed by atoms with van der Waals surface area (Å²) in [6.45, 7) is 0. The number of nitrogens with one attached hydrogen (secondary N) is 1. The SMILES string of the molecule is NC(=CC(=NC1=NC=CCC1Cl)c1nc2c(c(=O)o1)=CC1NC(=O)SC1C=2Cl)C(F)(F)F. The Labute approximate surface area is 191 Å². The average Bonchev–Trinajstić information content (AvgIpc) is 3.09. The van der Waals surface area contributed by atoms with E-state index in [9.17, 15) is 22.8 Å². The smallest absolute Gasteiger partial charge is 0.401 e. The summed E-state index contributed by atoms with van der Waals surface area (Å²) >= 11 is 13.4. The molecule has 3 heterocycles. The fourth-order valence-corrected chi connectivity index (χ4v) is 4.60. The van der Waals surface area contributed by atoms with Gasteiger partial charge >= 0.3 is 11.8 Å². The van der Waals surface area contributed by atoms with E-state index >= 15 is 0 Å². The van der Waals surface area contributed by atoms with Crippen LogP contribution in [0, 0.1) is 0 Å². The van der Waals surface area contributed by atoms with E-state index in [4.69, 9.17) is 33.4 Å². The molecule has 3 N–H and O–H groups in total. The normalized spacial score (nSPS) is 25.7. The van der Waals surface area contributed by atoms with Crippen LogP contribution in [0.15, 0.2) is 43.2 Å². The number of aromatic nitrogens is 1. The summed E-state index contributed by atoms with van der Waals surface area (Å²) in [5, 5.41) is 1.05. The number of nitrogens with zero attached hydrogens (tertiary/aromatic N) is 3. The number of carbonyl (C=O) groups excluding carboxylic acids is 1. The number of rotatable bonds is 2. The molecule has 3 aliphatic rings. The van der Waals surface area contributed by atoms with E-state index < -0.39 is 45.8 Å². The molecule has 0 aromatic carbocycles. The number of nitrogens with two attached hydrogens (primary N) is 1. The summed E-state index contributed by atoms with van der Waals surface area (Å²) in [7, 11) is 0. The first-order valence-electron chi connectivity index (χ1n) is 8.94. The maximum atomic E-state index is 13.1. The van der Waals surface area contributed by atoms with Crippen LogP contribution in [0.1, 0.15) is 12.3 Å². The van der Waals surface area contributed by atoms with Crippen LogP contribution in [0.2, 0.25) is 0 Å². The van der Waals surface area contributed by atoms with Gasteiger partial charge in [0.05, 0.1) is 32.3 Å². The van der Waals surface area contributed by atoms with Gasteiger partial charge in [0.25, 0.3) is 5.24 Å². The molecular formula is C18H12Cl2F3N5O3S. The molecular weight excluding hydrogens is 494 g/mol. The van der Waals surface area contributed by atoms with Gasteiger partial charge in [-0.2, -0.15) is 13.2 Å². The molecule has 14 heteroatoms. The highest BCUT2D eigenvalue weighted by molar-refractivity contribution is 8.15. The van der Waals surface area contributed by atoms with Crippen LogP contribution >= 0.6 is 35.0 Å². The lowest BCUT2D eigenvalue weighted by Crippen LogP contribution is -2.50. The Morgan fingerprint density at radius 3 is 2.84 bits per heavy atom. The Hall–Kier alpha value is -2.57. The van der Waals surface area contributed by atoms with Crippen molar-refractivity contribution in [3.63, 3.8) is 0 Å². The lowest BCUT2D eigenvalue weighted by Gasteiger charge is -2.17. The second-order valence-corrected chi connectivity index (χ2v) is 8.80. The number of thioether (sulfide) groups is 1. The number of amidine groups is 1. The van der Waals surface area contributed by atoms with Crippen molar-refractivity contribution in [2.75, 3.05) is 0 Å². The number of fused-ring (bicyclic) bond motifs is 2. The van der Waals surface area contributed by atoms with Gasteiger partial charge in [0, 0.05) is 6.20 Å². The monoisotopic (exact) mass is 505 g/mol. The molecule has 1 fully saturated rings. The summed E-state index contributed by atoms with van der Waals surface area (Å²) in [6, 6.07) is -0.544. The number of amides is 1. The lowest BCUT2D eigenvalue weighted by atomic mass is 10.1. The fourth-order valence-electron chi connectivity index (χ4n) is 3.04. The molecule has 0 radical (unpaired) electrons. The number of hydrogen-bond acceptors (Lipinski definition) is 8. The standard InChI is InChI=1S/C18H12Cl2F3N5O3S/c19-7-2-1-3-25-14(7)26-9(5-10(24)18(21,22)23)15-28-12-6(16(29)31-15)4-8-13(11(12)20)32-17(30)27-8/h1,3-5,7-8,13H,2,24H2,(H,27,30). The summed E-state index contributed by atoms with van der Waals surface area (Å²) in [5.41, 5.74) is 2.21. The number of aliphatic imine (C=N–C) groups is 2. The Balaban J connectivity index is 1.92. The summed E-state index contributed by atoms with van der Waals surface area (Å²) in [6.07, 6.45) is 0.426. The number of halogens is 5. The van der Waals surface area contributed by atoms with Crippen molar-refractivity contribution < 1.29 is 22.4 Å². The molecule has 1 aromatic rings. The molecule has 0 bridgehead atoms. The Bertz CT molecular complexity index is 1300. The number of allylic oxidation sites excluding steroid dienone is 3. The first kappa shape index (κ1) is 22.6. The van der Waals surface area contributed by atoms with Crippen molar-refractivity contribution in [3.05, 3.63) is 50.9 Å². The zero-order chi connectivity index (χ0) is 23.2. The first-order chi connectivity index (χ1) is 15.0. The molecule has 8 nitrogen and oxygen atoms in total. The minimum absolute atomic E-state index is 0.0135. The minimum atomic E-state index is -4.87. The molecule has 1 saturated heterocycles. The maximum Gasteiger partial charge on any atom is 0.430 e. The third-order valence-electron chi connectivity index (χ3n) is 4.55. The molecule has 1 aromatic heterocycles. The minimum Gasteiger partial charge on any atom is -0.401 e. The van der Waals surface area contributed by atoms with Crippen LogP contribution in [-0.4, -0.2) is 44.6 Å². The summed E-state index contributed by atoms with van der Waals surface area (Å²) in [5.74, 6) is -0.574. The van der Waals surface area contributed by atoms with E-state index in [2.05, 4.69) is 20.3 Å². The third-order valence-corrected chi connectivity index (χ3v) is 6.59. The van der Waals surface area contributed by atoms with Crippen molar-refractivity contribution in [1.29, 1.82) is 0 Å². The Kier molecular flexibility index (Phi) is 5.94. The van der Waals surface area contributed by atoms with E-state index in [-0.39, 0.29) is 26.7 Å². The first-order valence-corrected chi connectivity index (χ1v) is 10.6.